The van der Waals surface area contributed by atoms with Crippen molar-refractivity contribution in [3.8, 4) is 0 Å². The molecule has 0 aromatic heterocycles. The third-order valence-corrected chi connectivity index (χ3v) is 4.56. The van der Waals surface area contributed by atoms with E-state index in [1.165, 1.54) is 4.90 Å². The van der Waals surface area contributed by atoms with Crippen LogP contribution in [-0.2, 0) is 4.79 Å². The average molecular weight is 345 g/mol. The molecule has 3 amide bonds. The first kappa shape index (κ1) is 19.1. The molecule has 0 bridgehead atoms. The Bertz CT molecular complexity index is 653. The van der Waals surface area contributed by atoms with Gasteiger partial charge in [0.05, 0.1) is 11.1 Å². The predicted molar refractivity (Wildman–Crippen MR) is 96.6 cm³/mol. The number of hydrogen-bond donors (Lipinski definition) is 1. The lowest BCUT2D eigenvalue weighted by molar-refractivity contribution is -0.121. The van der Waals surface area contributed by atoms with Gasteiger partial charge in [0, 0.05) is 26.1 Å². The summed E-state index contributed by atoms with van der Waals surface area (Å²) in [5.41, 5.74) is 1.88. The van der Waals surface area contributed by atoms with Crippen molar-refractivity contribution in [1.29, 1.82) is 0 Å². The molecule has 0 saturated carbocycles. The van der Waals surface area contributed by atoms with Crippen molar-refractivity contribution in [2.75, 3.05) is 32.7 Å². The van der Waals surface area contributed by atoms with Crippen molar-refractivity contribution in [2.24, 2.45) is 0 Å². The van der Waals surface area contributed by atoms with Crippen LogP contribution in [-0.4, -0.2) is 60.2 Å². The maximum atomic E-state index is 12.3. The number of nitrogens with one attached hydrogen (secondary N) is 1. The quantitative estimate of drug-likeness (QED) is 0.693. The minimum Gasteiger partial charge on any atom is -0.355 e. The summed E-state index contributed by atoms with van der Waals surface area (Å²) in [5, 5.41) is 2.89. The Morgan fingerprint density at radius 1 is 1.12 bits per heavy atom. The van der Waals surface area contributed by atoms with Gasteiger partial charge in [0.15, 0.2) is 0 Å². The van der Waals surface area contributed by atoms with Gasteiger partial charge in [0.1, 0.15) is 0 Å². The van der Waals surface area contributed by atoms with E-state index in [-0.39, 0.29) is 24.3 Å². The minimum atomic E-state index is -0.262. The molecule has 2 rings (SSSR count). The molecule has 0 fully saturated rings. The average Bonchev–Trinajstić information content (AvgIpc) is 2.83. The van der Waals surface area contributed by atoms with Crippen LogP contribution in [0.2, 0.25) is 0 Å². The second-order valence-corrected chi connectivity index (χ2v) is 6.29. The van der Waals surface area contributed by atoms with E-state index in [9.17, 15) is 14.4 Å². The van der Waals surface area contributed by atoms with Crippen LogP contribution in [0.5, 0.6) is 0 Å². The predicted octanol–water partition coefficient (Wildman–Crippen LogP) is 1.83. The highest BCUT2D eigenvalue weighted by atomic mass is 16.2. The Morgan fingerprint density at radius 3 is 2.48 bits per heavy atom. The number of fused-ring (bicyclic) bond motifs is 1. The molecule has 0 unspecified atom stereocenters. The van der Waals surface area contributed by atoms with Crippen LogP contribution in [0, 0.1) is 6.92 Å². The van der Waals surface area contributed by atoms with Crippen molar-refractivity contribution >= 4 is 17.7 Å². The van der Waals surface area contributed by atoms with Crippen LogP contribution >= 0.6 is 0 Å². The Hall–Kier alpha value is -2.21. The molecule has 1 aliphatic rings. The first-order valence-electron chi connectivity index (χ1n) is 8.93. The van der Waals surface area contributed by atoms with E-state index in [4.69, 9.17) is 0 Å². The van der Waals surface area contributed by atoms with E-state index in [1.54, 1.807) is 12.1 Å². The highest BCUT2D eigenvalue weighted by Gasteiger charge is 2.34. The van der Waals surface area contributed by atoms with Gasteiger partial charge in [-0.2, -0.15) is 0 Å². The molecule has 6 heteroatoms. The van der Waals surface area contributed by atoms with Gasteiger partial charge in [0.25, 0.3) is 11.8 Å². The smallest absolute Gasteiger partial charge is 0.261 e. The molecule has 0 aliphatic carbocycles. The molecule has 1 aromatic carbocycles. The van der Waals surface area contributed by atoms with Gasteiger partial charge >= 0.3 is 0 Å². The van der Waals surface area contributed by atoms with E-state index in [2.05, 4.69) is 24.1 Å². The fourth-order valence-corrected chi connectivity index (χ4v) is 2.99. The van der Waals surface area contributed by atoms with E-state index in [1.807, 2.05) is 13.0 Å². The molecule has 136 valence electrons. The maximum Gasteiger partial charge on any atom is 0.261 e. The number of nitrogens with zero attached hydrogens (tertiary/aromatic N) is 2. The first-order valence-corrected chi connectivity index (χ1v) is 8.93. The lowest BCUT2D eigenvalue weighted by Gasteiger charge is -2.18. The van der Waals surface area contributed by atoms with Crippen LogP contribution in [0.4, 0.5) is 0 Å². The Morgan fingerprint density at radius 2 is 1.80 bits per heavy atom. The number of carbonyl (C=O) groups excluding carboxylic acids is 3. The lowest BCUT2D eigenvalue weighted by Crippen LogP contribution is -2.35. The summed E-state index contributed by atoms with van der Waals surface area (Å²) in [6, 6.07) is 5.27. The van der Waals surface area contributed by atoms with Crippen LogP contribution in [0.3, 0.4) is 0 Å². The van der Waals surface area contributed by atoms with Crippen LogP contribution in [0.1, 0.15) is 53.0 Å². The number of likely N-dealkylation sites (N-methyl/N-ethyl adjacent to an activating group) is 1. The van der Waals surface area contributed by atoms with Gasteiger partial charge in [-0.25, -0.2) is 0 Å². The zero-order valence-electron chi connectivity index (χ0n) is 15.3. The zero-order valence-corrected chi connectivity index (χ0v) is 15.3. The zero-order chi connectivity index (χ0) is 18.4. The van der Waals surface area contributed by atoms with Gasteiger partial charge < -0.3 is 10.2 Å². The minimum absolute atomic E-state index is 0.0420. The van der Waals surface area contributed by atoms with E-state index in [0.29, 0.717) is 30.5 Å². The van der Waals surface area contributed by atoms with Gasteiger partial charge in [0.2, 0.25) is 5.91 Å². The van der Waals surface area contributed by atoms with E-state index < -0.39 is 0 Å². The topological polar surface area (TPSA) is 69.7 Å². The molecule has 1 aliphatic heterocycles. The highest BCUT2D eigenvalue weighted by molar-refractivity contribution is 6.21. The van der Waals surface area contributed by atoms with Gasteiger partial charge in [-0.3, -0.25) is 19.3 Å². The number of benzene rings is 1. The number of hydrogen-bond acceptors (Lipinski definition) is 4. The van der Waals surface area contributed by atoms with Gasteiger partial charge in [-0.15, -0.1) is 0 Å². The highest BCUT2D eigenvalue weighted by Crippen LogP contribution is 2.24. The molecule has 0 atom stereocenters. The summed E-state index contributed by atoms with van der Waals surface area (Å²) in [7, 11) is 0. The van der Waals surface area contributed by atoms with Crippen molar-refractivity contribution < 1.29 is 14.4 Å². The standard InChI is InChI=1S/C19H27N3O3/c1-4-21(5-2)12-10-20-17(23)7-6-11-22-18(24)15-9-8-14(3)13-16(15)19(22)25/h8-9,13H,4-7,10-12H2,1-3H3,(H,20,23). The van der Waals surface area contributed by atoms with Crippen LogP contribution < -0.4 is 5.32 Å². The maximum absolute atomic E-state index is 12.3. The number of amides is 3. The SMILES string of the molecule is CCN(CC)CCNC(=O)CCCN1C(=O)c2ccc(C)cc2C1=O. The second-order valence-electron chi connectivity index (χ2n) is 6.29. The molecule has 0 saturated heterocycles. The van der Waals surface area contributed by atoms with Crippen LogP contribution in [0.25, 0.3) is 0 Å². The van der Waals surface area contributed by atoms with E-state index >= 15 is 0 Å². The van der Waals surface area contributed by atoms with Crippen molar-refractivity contribution in [3.05, 3.63) is 34.9 Å². The molecule has 25 heavy (non-hydrogen) atoms. The molecule has 1 heterocycles. The molecule has 6 nitrogen and oxygen atoms in total. The van der Waals surface area contributed by atoms with Crippen LogP contribution in [0.15, 0.2) is 18.2 Å². The largest absolute Gasteiger partial charge is 0.355 e. The molecule has 0 radical (unpaired) electrons. The fraction of sp³-hybridized carbons (Fsp3) is 0.526. The summed E-state index contributed by atoms with van der Waals surface area (Å²) in [6.07, 6.45) is 0.784. The van der Waals surface area contributed by atoms with Gasteiger partial charge in [-0.1, -0.05) is 25.5 Å². The summed E-state index contributed by atoms with van der Waals surface area (Å²) in [5.74, 6) is -0.563. The summed E-state index contributed by atoms with van der Waals surface area (Å²) in [6.45, 7) is 9.72. The van der Waals surface area contributed by atoms with E-state index in [0.717, 1.165) is 25.2 Å². The Kier molecular flexibility index (Phi) is 6.70. The second kappa shape index (κ2) is 8.76. The monoisotopic (exact) mass is 345 g/mol. The molecule has 1 N–H and O–H groups in total. The Balaban J connectivity index is 1.76. The number of rotatable bonds is 9. The summed E-state index contributed by atoms with van der Waals surface area (Å²) < 4.78 is 0. The van der Waals surface area contributed by atoms with Crippen molar-refractivity contribution in [1.82, 2.24) is 15.1 Å². The molecule has 0 spiro atoms. The van der Waals surface area contributed by atoms with Crippen molar-refractivity contribution in [3.63, 3.8) is 0 Å². The number of imide groups is 1. The number of carbonyl (C=O) groups is 3. The fourth-order valence-electron chi connectivity index (χ4n) is 2.99. The molecule has 1 aromatic rings. The third-order valence-electron chi connectivity index (χ3n) is 4.56. The summed E-state index contributed by atoms with van der Waals surface area (Å²) in [4.78, 5) is 40.0. The first-order chi connectivity index (χ1) is 12.0. The Labute approximate surface area is 149 Å². The number of aryl methyl sites for hydroxylation is 1. The normalized spacial score (nSPS) is 13.5. The third kappa shape index (κ3) is 4.66. The van der Waals surface area contributed by atoms with Gasteiger partial charge in [-0.05, 0) is 38.6 Å². The lowest BCUT2D eigenvalue weighted by atomic mass is 10.1. The molecular formula is C19H27N3O3. The molecular weight excluding hydrogens is 318 g/mol. The summed E-state index contributed by atoms with van der Waals surface area (Å²) >= 11 is 0. The van der Waals surface area contributed by atoms with Crippen molar-refractivity contribution in [2.45, 2.75) is 33.6 Å².